The first-order valence-electron chi connectivity index (χ1n) is 9.84. The van der Waals surface area contributed by atoms with Crippen LogP contribution in [0, 0.1) is 0 Å². The average Bonchev–Trinajstić information content (AvgIpc) is 2.78. The van der Waals surface area contributed by atoms with Crippen LogP contribution in [0.25, 0.3) is 12.2 Å². The molecule has 0 saturated carbocycles. The molecule has 1 aromatic heterocycles. The number of hydrogen-bond donors (Lipinski definition) is 2. The van der Waals surface area contributed by atoms with Crippen LogP contribution in [-0.4, -0.2) is 64.9 Å². The molecule has 1 aliphatic rings. The van der Waals surface area contributed by atoms with E-state index in [9.17, 15) is 9.59 Å². The molecule has 30 heavy (non-hydrogen) atoms. The number of ketones is 1. The molecule has 1 amide bonds. The standard InChI is InChI=1S/C23H26N4O3/c1-26-11-13-27(14-12-26)17-19-3-2-4-20(15-19)22(28)9-6-18-5-7-21(24-16-18)8-10-23(29)25-30/h2-10,15-16,30H,11-14,17H2,1H3,(H,25,29). The first kappa shape index (κ1) is 21.6. The fourth-order valence-corrected chi connectivity index (χ4v) is 3.17. The van der Waals surface area contributed by atoms with E-state index in [0.29, 0.717) is 11.3 Å². The fourth-order valence-electron chi connectivity index (χ4n) is 3.17. The number of amides is 1. The van der Waals surface area contributed by atoms with Gasteiger partial charge in [0.1, 0.15) is 0 Å². The van der Waals surface area contributed by atoms with Crippen LogP contribution in [0.3, 0.4) is 0 Å². The lowest BCUT2D eigenvalue weighted by Crippen LogP contribution is -2.43. The van der Waals surface area contributed by atoms with E-state index in [1.165, 1.54) is 17.6 Å². The Bertz CT molecular complexity index is 930. The van der Waals surface area contributed by atoms with E-state index in [1.807, 2.05) is 18.2 Å². The molecule has 2 N–H and O–H groups in total. The first-order chi connectivity index (χ1) is 14.5. The topological polar surface area (TPSA) is 85.8 Å². The Labute approximate surface area is 176 Å². The monoisotopic (exact) mass is 406 g/mol. The number of hydrogen-bond acceptors (Lipinski definition) is 6. The molecule has 1 aromatic carbocycles. The molecule has 0 unspecified atom stereocenters. The minimum atomic E-state index is -0.624. The van der Waals surface area contributed by atoms with Gasteiger partial charge in [-0.2, -0.15) is 0 Å². The van der Waals surface area contributed by atoms with Crippen LogP contribution in [0.1, 0.15) is 27.2 Å². The summed E-state index contributed by atoms with van der Waals surface area (Å²) >= 11 is 0. The molecule has 0 aliphatic carbocycles. The van der Waals surface area contributed by atoms with Crippen molar-refractivity contribution in [1.82, 2.24) is 20.3 Å². The molecular formula is C23H26N4O3. The van der Waals surface area contributed by atoms with Gasteiger partial charge in [0.2, 0.25) is 0 Å². The zero-order chi connectivity index (χ0) is 21.3. The maximum atomic E-state index is 12.6. The zero-order valence-corrected chi connectivity index (χ0v) is 17.0. The van der Waals surface area contributed by atoms with E-state index in [4.69, 9.17) is 5.21 Å². The Balaban J connectivity index is 1.59. The highest BCUT2D eigenvalue weighted by Gasteiger charge is 2.14. The van der Waals surface area contributed by atoms with Gasteiger partial charge in [-0.3, -0.25) is 24.7 Å². The van der Waals surface area contributed by atoms with E-state index < -0.39 is 5.91 Å². The quantitative estimate of drug-likeness (QED) is 0.317. The second kappa shape index (κ2) is 10.6. The van der Waals surface area contributed by atoms with Crippen molar-refractivity contribution in [2.75, 3.05) is 33.2 Å². The SMILES string of the molecule is CN1CCN(Cc2cccc(C(=O)C=Cc3ccc(C=CC(=O)NO)nc3)c2)CC1. The van der Waals surface area contributed by atoms with Crippen LogP contribution in [0.5, 0.6) is 0 Å². The predicted molar refractivity (Wildman–Crippen MR) is 116 cm³/mol. The lowest BCUT2D eigenvalue weighted by molar-refractivity contribution is -0.124. The number of benzene rings is 1. The lowest BCUT2D eigenvalue weighted by atomic mass is 10.1. The number of allylic oxidation sites excluding steroid dienone is 1. The molecule has 0 spiro atoms. The van der Waals surface area contributed by atoms with E-state index in [0.717, 1.165) is 43.9 Å². The summed E-state index contributed by atoms with van der Waals surface area (Å²) in [6.07, 6.45) is 7.54. The number of piperazine rings is 1. The Kier molecular flexibility index (Phi) is 7.62. The lowest BCUT2D eigenvalue weighted by Gasteiger charge is -2.32. The average molecular weight is 406 g/mol. The largest absolute Gasteiger partial charge is 0.304 e. The summed E-state index contributed by atoms with van der Waals surface area (Å²) in [5.74, 6) is -0.681. The molecule has 0 bridgehead atoms. The number of nitrogens with zero attached hydrogens (tertiary/aromatic N) is 3. The first-order valence-corrected chi connectivity index (χ1v) is 9.84. The van der Waals surface area contributed by atoms with Gasteiger partial charge in [0.15, 0.2) is 5.78 Å². The minimum absolute atomic E-state index is 0.0567. The molecule has 7 nitrogen and oxygen atoms in total. The highest BCUT2D eigenvalue weighted by molar-refractivity contribution is 6.06. The van der Waals surface area contributed by atoms with Gasteiger partial charge < -0.3 is 4.90 Å². The molecule has 7 heteroatoms. The summed E-state index contributed by atoms with van der Waals surface area (Å²) in [6, 6.07) is 11.3. The second-order valence-electron chi connectivity index (χ2n) is 7.30. The Morgan fingerprint density at radius 3 is 2.60 bits per heavy atom. The van der Waals surface area contributed by atoms with Crippen molar-refractivity contribution in [3.05, 3.63) is 77.1 Å². The molecule has 1 saturated heterocycles. The van der Waals surface area contributed by atoms with Gasteiger partial charge in [-0.15, -0.1) is 0 Å². The number of aromatic nitrogens is 1. The number of likely N-dealkylation sites (N-methyl/N-ethyl adjacent to an activating group) is 1. The van der Waals surface area contributed by atoms with E-state index >= 15 is 0 Å². The summed E-state index contributed by atoms with van der Waals surface area (Å²) in [4.78, 5) is 32.5. The Hall–Kier alpha value is -3.13. The number of carbonyl (C=O) groups is 2. The Morgan fingerprint density at radius 2 is 1.90 bits per heavy atom. The zero-order valence-electron chi connectivity index (χ0n) is 17.0. The normalized spacial score (nSPS) is 15.7. The van der Waals surface area contributed by atoms with Crippen molar-refractivity contribution in [3.63, 3.8) is 0 Å². The fraction of sp³-hybridized carbons (Fsp3) is 0.261. The van der Waals surface area contributed by atoms with Crippen molar-refractivity contribution < 1.29 is 14.8 Å². The number of carbonyl (C=O) groups excluding carboxylic acids is 2. The minimum Gasteiger partial charge on any atom is -0.304 e. The molecule has 0 atom stereocenters. The summed E-state index contributed by atoms with van der Waals surface area (Å²) in [5.41, 5.74) is 4.67. The third kappa shape index (κ3) is 6.45. The molecule has 156 valence electrons. The molecular weight excluding hydrogens is 380 g/mol. The van der Waals surface area contributed by atoms with Crippen molar-refractivity contribution in [1.29, 1.82) is 0 Å². The molecule has 2 heterocycles. The van der Waals surface area contributed by atoms with Crippen molar-refractivity contribution in [2.24, 2.45) is 0 Å². The summed E-state index contributed by atoms with van der Waals surface area (Å²) in [6.45, 7) is 5.07. The third-order valence-corrected chi connectivity index (χ3v) is 4.97. The molecule has 3 rings (SSSR count). The molecule has 0 radical (unpaired) electrons. The second-order valence-corrected chi connectivity index (χ2v) is 7.30. The number of rotatable bonds is 7. The summed E-state index contributed by atoms with van der Waals surface area (Å²) in [5, 5.41) is 8.47. The van der Waals surface area contributed by atoms with Gasteiger partial charge in [0.25, 0.3) is 5.91 Å². The van der Waals surface area contributed by atoms with Gasteiger partial charge in [-0.1, -0.05) is 24.3 Å². The number of hydroxylamine groups is 1. The van der Waals surface area contributed by atoms with Crippen LogP contribution in [-0.2, 0) is 11.3 Å². The highest BCUT2D eigenvalue weighted by atomic mass is 16.5. The maximum Gasteiger partial charge on any atom is 0.267 e. The molecule has 1 aliphatic heterocycles. The van der Waals surface area contributed by atoms with E-state index in [-0.39, 0.29) is 5.78 Å². The smallest absolute Gasteiger partial charge is 0.267 e. The maximum absolute atomic E-state index is 12.6. The van der Waals surface area contributed by atoms with Crippen molar-refractivity contribution >= 4 is 23.8 Å². The predicted octanol–water partition coefficient (Wildman–Crippen LogP) is 2.24. The van der Waals surface area contributed by atoms with E-state index in [1.54, 1.807) is 30.5 Å². The van der Waals surface area contributed by atoms with Crippen LogP contribution in [0.15, 0.2) is 54.7 Å². The van der Waals surface area contributed by atoms with Gasteiger partial charge in [-0.25, -0.2) is 5.48 Å². The van der Waals surface area contributed by atoms with E-state index in [2.05, 4.69) is 27.9 Å². The highest BCUT2D eigenvalue weighted by Crippen LogP contribution is 2.12. The van der Waals surface area contributed by atoms with Crippen LogP contribution in [0.2, 0.25) is 0 Å². The van der Waals surface area contributed by atoms with Crippen LogP contribution in [0.4, 0.5) is 0 Å². The van der Waals surface area contributed by atoms with Gasteiger partial charge in [-0.05, 0) is 48.5 Å². The van der Waals surface area contributed by atoms with Gasteiger partial charge >= 0.3 is 0 Å². The van der Waals surface area contributed by atoms with Crippen molar-refractivity contribution in [2.45, 2.75) is 6.54 Å². The number of pyridine rings is 1. The molecule has 1 fully saturated rings. The summed E-state index contributed by atoms with van der Waals surface area (Å²) in [7, 11) is 2.14. The Morgan fingerprint density at radius 1 is 1.10 bits per heavy atom. The summed E-state index contributed by atoms with van der Waals surface area (Å²) < 4.78 is 0. The van der Waals surface area contributed by atoms with Crippen molar-refractivity contribution in [3.8, 4) is 0 Å². The number of nitrogens with one attached hydrogen (secondary N) is 1. The molecule has 2 aromatic rings. The van der Waals surface area contributed by atoms with Crippen LogP contribution >= 0.6 is 0 Å². The van der Waals surface area contributed by atoms with Crippen LogP contribution < -0.4 is 5.48 Å². The van der Waals surface area contributed by atoms with Gasteiger partial charge in [0.05, 0.1) is 5.69 Å². The third-order valence-electron chi connectivity index (χ3n) is 4.97. The van der Waals surface area contributed by atoms with Gasteiger partial charge in [0, 0.05) is 50.6 Å².